The molecule has 0 heterocycles. The van der Waals surface area contributed by atoms with Crippen LogP contribution in [-0.2, 0) is 9.53 Å². The van der Waals surface area contributed by atoms with Gasteiger partial charge >= 0.3 is 5.97 Å². The number of carbonyl (C=O) groups is 1. The van der Waals surface area contributed by atoms with E-state index >= 15 is 0 Å². The molecule has 0 amide bonds. The monoisotopic (exact) mass is 308 g/mol. The molecule has 5 heteroatoms. The number of hydrogen-bond acceptors (Lipinski definition) is 3. The summed E-state index contributed by atoms with van der Waals surface area (Å²) in [6.45, 7) is 0.0533. The average molecular weight is 309 g/mol. The molecule has 0 fully saturated rings. The molecule has 0 saturated heterocycles. The van der Waals surface area contributed by atoms with Crippen molar-refractivity contribution < 1.29 is 18.7 Å². The van der Waals surface area contributed by atoms with Gasteiger partial charge in [0.05, 0.1) is 7.11 Å². The summed E-state index contributed by atoms with van der Waals surface area (Å²) in [4.78, 5) is 11.9. The van der Waals surface area contributed by atoms with Crippen LogP contribution >= 0.6 is 11.6 Å². The molecule has 0 aliphatic carbocycles. The van der Waals surface area contributed by atoms with Gasteiger partial charge in [0.15, 0.2) is 0 Å². The van der Waals surface area contributed by atoms with Gasteiger partial charge in [-0.25, -0.2) is 4.39 Å². The Hall–Kier alpha value is -2.07. The first kappa shape index (κ1) is 15.3. The molecule has 0 N–H and O–H groups in total. The first-order chi connectivity index (χ1) is 10.1. The van der Waals surface area contributed by atoms with Crippen LogP contribution in [0.15, 0.2) is 48.5 Å². The van der Waals surface area contributed by atoms with E-state index in [1.165, 1.54) is 19.2 Å². The second kappa shape index (κ2) is 7.09. The number of halogens is 2. The predicted octanol–water partition coefficient (Wildman–Crippen LogP) is 3.81. The summed E-state index contributed by atoms with van der Waals surface area (Å²) in [5.74, 6) is -1.01. The van der Waals surface area contributed by atoms with E-state index in [9.17, 15) is 9.18 Å². The molecule has 0 aliphatic heterocycles. The van der Waals surface area contributed by atoms with E-state index in [4.69, 9.17) is 21.1 Å². The van der Waals surface area contributed by atoms with Crippen molar-refractivity contribution in [1.82, 2.24) is 0 Å². The SMILES string of the molecule is COC(=O)C(COc1ccc(Cl)cc1)c1cccc(F)c1. The lowest BCUT2D eigenvalue weighted by Crippen LogP contribution is -2.21. The zero-order valence-electron chi connectivity index (χ0n) is 11.4. The highest BCUT2D eigenvalue weighted by atomic mass is 35.5. The molecule has 0 spiro atoms. The number of methoxy groups -OCH3 is 1. The number of hydrogen-bond donors (Lipinski definition) is 0. The number of benzene rings is 2. The highest BCUT2D eigenvalue weighted by Crippen LogP contribution is 2.22. The predicted molar refractivity (Wildman–Crippen MR) is 78.1 cm³/mol. The van der Waals surface area contributed by atoms with Crippen molar-refractivity contribution in [2.24, 2.45) is 0 Å². The van der Waals surface area contributed by atoms with Crippen LogP contribution in [0, 0.1) is 5.82 Å². The maximum Gasteiger partial charge on any atom is 0.316 e. The standard InChI is InChI=1S/C16H14ClFO3/c1-20-16(19)15(11-3-2-4-13(18)9-11)10-21-14-7-5-12(17)6-8-14/h2-9,15H,10H2,1H3. The minimum atomic E-state index is -0.693. The number of esters is 1. The highest BCUT2D eigenvalue weighted by Gasteiger charge is 2.22. The smallest absolute Gasteiger partial charge is 0.316 e. The van der Waals surface area contributed by atoms with Gasteiger partial charge in [-0.2, -0.15) is 0 Å². The fourth-order valence-electron chi connectivity index (χ4n) is 1.88. The number of ether oxygens (including phenoxy) is 2. The maximum absolute atomic E-state index is 13.3. The van der Waals surface area contributed by atoms with Crippen molar-refractivity contribution in [3.8, 4) is 5.75 Å². The lowest BCUT2D eigenvalue weighted by atomic mass is 10.00. The van der Waals surface area contributed by atoms with Crippen LogP contribution in [0.2, 0.25) is 5.02 Å². The third kappa shape index (κ3) is 4.20. The van der Waals surface area contributed by atoms with Crippen molar-refractivity contribution >= 4 is 17.6 Å². The molecule has 3 nitrogen and oxygen atoms in total. The molecule has 2 aromatic carbocycles. The quantitative estimate of drug-likeness (QED) is 0.788. The first-order valence-electron chi connectivity index (χ1n) is 6.32. The highest BCUT2D eigenvalue weighted by molar-refractivity contribution is 6.30. The topological polar surface area (TPSA) is 35.5 Å². The summed E-state index contributed by atoms with van der Waals surface area (Å²) in [6, 6.07) is 12.6. The summed E-state index contributed by atoms with van der Waals surface area (Å²) in [5, 5.41) is 0.594. The van der Waals surface area contributed by atoms with Crippen LogP contribution in [-0.4, -0.2) is 19.7 Å². The lowest BCUT2D eigenvalue weighted by molar-refractivity contribution is -0.143. The van der Waals surface area contributed by atoms with E-state index in [0.29, 0.717) is 16.3 Å². The van der Waals surface area contributed by atoms with Crippen LogP contribution in [0.25, 0.3) is 0 Å². The molecule has 0 aromatic heterocycles. The van der Waals surface area contributed by atoms with Crippen molar-refractivity contribution in [2.45, 2.75) is 5.92 Å². The van der Waals surface area contributed by atoms with Gasteiger partial charge in [-0.05, 0) is 42.0 Å². The second-order valence-corrected chi connectivity index (χ2v) is 4.83. The zero-order valence-corrected chi connectivity index (χ0v) is 12.1. The Balaban J connectivity index is 2.13. The van der Waals surface area contributed by atoms with Gasteiger partial charge in [0.25, 0.3) is 0 Å². The van der Waals surface area contributed by atoms with Crippen molar-refractivity contribution in [2.75, 3.05) is 13.7 Å². The van der Waals surface area contributed by atoms with Gasteiger partial charge in [-0.15, -0.1) is 0 Å². The van der Waals surface area contributed by atoms with E-state index in [1.807, 2.05) is 0 Å². The lowest BCUT2D eigenvalue weighted by Gasteiger charge is -2.16. The summed E-state index contributed by atoms with van der Waals surface area (Å²) in [5.41, 5.74) is 0.510. The molecule has 2 rings (SSSR count). The van der Waals surface area contributed by atoms with Gasteiger partial charge in [-0.1, -0.05) is 23.7 Å². The maximum atomic E-state index is 13.3. The van der Waals surface area contributed by atoms with Gasteiger partial charge in [0, 0.05) is 5.02 Å². The van der Waals surface area contributed by atoms with E-state index in [-0.39, 0.29) is 6.61 Å². The summed E-state index contributed by atoms with van der Waals surface area (Å²) < 4.78 is 23.6. The van der Waals surface area contributed by atoms with Gasteiger partial charge < -0.3 is 9.47 Å². The Labute approximate surface area is 127 Å². The molecular weight excluding hydrogens is 295 g/mol. The Kier molecular flexibility index (Phi) is 5.17. The first-order valence-corrected chi connectivity index (χ1v) is 6.69. The van der Waals surface area contributed by atoms with Crippen molar-refractivity contribution in [1.29, 1.82) is 0 Å². The van der Waals surface area contributed by atoms with Crippen LogP contribution < -0.4 is 4.74 Å². The third-order valence-corrected chi connectivity index (χ3v) is 3.22. The largest absolute Gasteiger partial charge is 0.492 e. The molecule has 2 aromatic rings. The molecule has 0 saturated carbocycles. The van der Waals surface area contributed by atoms with Gasteiger partial charge in [0.1, 0.15) is 24.1 Å². The Morgan fingerprint density at radius 3 is 2.57 bits per heavy atom. The van der Waals surface area contributed by atoms with Crippen LogP contribution in [0.4, 0.5) is 4.39 Å². The summed E-state index contributed by atoms with van der Waals surface area (Å²) in [6.07, 6.45) is 0. The molecule has 1 atom stereocenters. The fourth-order valence-corrected chi connectivity index (χ4v) is 2.00. The van der Waals surface area contributed by atoms with Gasteiger partial charge in [0.2, 0.25) is 0 Å². The average Bonchev–Trinajstić information content (AvgIpc) is 2.49. The zero-order chi connectivity index (χ0) is 15.2. The number of rotatable bonds is 5. The van der Waals surface area contributed by atoms with E-state index in [1.54, 1.807) is 36.4 Å². The fraction of sp³-hybridized carbons (Fsp3) is 0.188. The summed E-state index contributed by atoms with van der Waals surface area (Å²) >= 11 is 5.79. The van der Waals surface area contributed by atoms with E-state index in [2.05, 4.69) is 0 Å². The minimum Gasteiger partial charge on any atom is -0.492 e. The van der Waals surface area contributed by atoms with Gasteiger partial charge in [-0.3, -0.25) is 4.79 Å². The van der Waals surface area contributed by atoms with Crippen LogP contribution in [0.1, 0.15) is 11.5 Å². The molecule has 1 unspecified atom stereocenters. The molecule has 0 bridgehead atoms. The Bertz CT molecular complexity index is 613. The number of carbonyl (C=O) groups excluding carboxylic acids is 1. The molecule has 110 valence electrons. The molecular formula is C16H14ClFO3. The second-order valence-electron chi connectivity index (χ2n) is 4.40. The van der Waals surface area contributed by atoms with Crippen molar-refractivity contribution in [3.05, 3.63) is 64.9 Å². The van der Waals surface area contributed by atoms with E-state index in [0.717, 1.165) is 0 Å². The Morgan fingerprint density at radius 1 is 1.24 bits per heavy atom. The van der Waals surface area contributed by atoms with E-state index < -0.39 is 17.7 Å². The normalized spacial score (nSPS) is 11.8. The minimum absolute atomic E-state index is 0.0533. The third-order valence-electron chi connectivity index (χ3n) is 2.97. The Morgan fingerprint density at radius 2 is 1.95 bits per heavy atom. The molecule has 0 radical (unpaired) electrons. The van der Waals surface area contributed by atoms with Crippen LogP contribution in [0.3, 0.4) is 0 Å². The molecule has 0 aliphatic rings. The van der Waals surface area contributed by atoms with Crippen LogP contribution in [0.5, 0.6) is 5.75 Å². The molecule has 21 heavy (non-hydrogen) atoms. The van der Waals surface area contributed by atoms with Crippen molar-refractivity contribution in [3.63, 3.8) is 0 Å². The summed E-state index contributed by atoms with van der Waals surface area (Å²) in [7, 11) is 1.29.